The molecule has 0 N–H and O–H groups in total. The van der Waals surface area contributed by atoms with Gasteiger partial charge in [0.2, 0.25) is 11.6 Å². The summed E-state index contributed by atoms with van der Waals surface area (Å²) in [6.45, 7) is 0. The molecule has 0 spiro atoms. The standard InChI is InChI=1S/C10H6N4O2/c1-3-7(15-6-1)10-13-9(14-16-10)8-11-4-2-5-12-8/h1-6H. The Balaban J connectivity index is 2.00. The molecule has 0 radical (unpaired) electrons. The zero-order chi connectivity index (χ0) is 10.8. The van der Waals surface area contributed by atoms with E-state index in [1.165, 1.54) is 6.26 Å². The molecule has 6 nitrogen and oxygen atoms in total. The van der Waals surface area contributed by atoms with Crippen molar-refractivity contribution in [2.75, 3.05) is 0 Å². The van der Waals surface area contributed by atoms with Gasteiger partial charge in [0.05, 0.1) is 6.26 Å². The first-order valence-electron chi connectivity index (χ1n) is 4.58. The molecule has 0 amide bonds. The maximum atomic E-state index is 5.13. The minimum atomic E-state index is 0.312. The summed E-state index contributed by atoms with van der Waals surface area (Å²) >= 11 is 0. The van der Waals surface area contributed by atoms with Gasteiger partial charge in [0.15, 0.2) is 5.76 Å². The summed E-state index contributed by atoms with van der Waals surface area (Å²) in [6, 6.07) is 5.21. The van der Waals surface area contributed by atoms with Crippen molar-refractivity contribution in [1.82, 2.24) is 20.1 Å². The van der Waals surface area contributed by atoms with Crippen LogP contribution in [-0.2, 0) is 0 Å². The largest absolute Gasteiger partial charge is 0.459 e. The molecule has 0 atom stereocenters. The Kier molecular flexibility index (Phi) is 1.96. The number of aromatic nitrogens is 4. The Morgan fingerprint density at radius 3 is 2.62 bits per heavy atom. The smallest absolute Gasteiger partial charge is 0.294 e. The second-order valence-corrected chi connectivity index (χ2v) is 2.97. The van der Waals surface area contributed by atoms with Crippen LogP contribution in [0.1, 0.15) is 0 Å². The van der Waals surface area contributed by atoms with Crippen LogP contribution in [0.2, 0.25) is 0 Å². The summed E-state index contributed by atoms with van der Waals surface area (Å²) in [5, 5.41) is 3.77. The fourth-order valence-corrected chi connectivity index (χ4v) is 1.23. The number of hydrogen-bond acceptors (Lipinski definition) is 6. The molecule has 16 heavy (non-hydrogen) atoms. The van der Waals surface area contributed by atoms with Gasteiger partial charge in [-0.15, -0.1) is 0 Å². The van der Waals surface area contributed by atoms with Crippen LogP contribution < -0.4 is 0 Å². The zero-order valence-electron chi connectivity index (χ0n) is 8.07. The molecular formula is C10H6N4O2. The molecule has 0 fully saturated rings. The van der Waals surface area contributed by atoms with E-state index >= 15 is 0 Å². The first-order chi connectivity index (χ1) is 7.93. The van der Waals surface area contributed by atoms with Crippen LogP contribution in [0.25, 0.3) is 23.3 Å². The Labute approximate surface area is 90.0 Å². The SMILES string of the molecule is c1cnc(-c2noc(-c3ccco3)n2)nc1. The molecule has 0 aromatic carbocycles. The maximum Gasteiger partial charge on any atom is 0.294 e. The van der Waals surface area contributed by atoms with E-state index in [9.17, 15) is 0 Å². The highest BCUT2D eigenvalue weighted by Crippen LogP contribution is 2.19. The summed E-state index contributed by atoms with van der Waals surface area (Å²) < 4.78 is 10.2. The highest BCUT2D eigenvalue weighted by molar-refractivity contribution is 5.49. The number of nitrogens with zero attached hydrogens (tertiary/aromatic N) is 4. The van der Waals surface area contributed by atoms with Crippen molar-refractivity contribution >= 4 is 0 Å². The fraction of sp³-hybridized carbons (Fsp3) is 0. The van der Waals surface area contributed by atoms with E-state index in [0.717, 1.165) is 0 Å². The molecule has 0 bridgehead atoms. The van der Waals surface area contributed by atoms with Gasteiger partial charge in [-0.25, -0.2) is 9.97 Å². The van der Waals surface area contributed by atoms with E-state index in [4.69, 9.17) is 8.94 Å². The summed E-state index contributed by atoms with van der Waals surface area (Å²) in [5.74, 6) is 1.60. The molecule has 0 saturated carbocycles. The Hall–Kier alpha value is -2.50. The summed E-state index contributed by atoms with van der Waals surface area (Å²) in [6.07, 6.45) is 4.77. The van der Waals surface area contributed by atoms with Crippen LogP contribution in [0.3, 0.4) is 0 Å². The van der Waals surface area contributed by atoms with Gasteiger partial charge in [-0.05, 0) is 18.2 Å². The third-order valence-corrected chi connectivity index (χ3v) is 1.92. The number of rotatable bonds is 2. The van der Waals surface area contributed by atoms with E-state index in [0.29, 0.717) is 23.3 Å². The lowest BCUT2D eigenvalue weighted by Gasteiger charge is -1.88. The van der Waals surface area contributed by atoms with Crippen LogP contribution in [0.15, 0.2) is 45.8 Å². The van der Waals surface area contributed by atoms with Crippen LogP contribution >= 0.6 is 0 Å². The van der Waals surface area contributed by atoms with Crippen molar-refractivity contribution in [2.24, 2.45) is 0 Å². The quantitative estimate of drug-likeness (QED) is 0.647. The van der Waals surface area contributed by atoms with Crippen LogP contribution in [0.4, 0.5) is 0 Å². The fourth-order valence-electron chi connectivity index (χ4n) is 1.23. The van der Waals surface area contributed by atoms with Gasteiger partial charge < -0.3 is 8.94 Å². The van der Waals surface area contributed by atoms with Crippen LogP contribution in [0.5, 0.6) is 0 Å². The lowest BCUT2D eigenvalue weighted by molar-refractivity contribution is 0.416. The predicted octanol–water partition coefficient (Wildman–Crippen LogP) is 1.79. The summed E-state index contributed by atoms with van der Waals surface area (Å²) in [4.78, 5) is 12.2. The lowest BCUT2D eigenvalue weighted by Crippen LogP contribution is -1.88. The molecule has 0 unspecified atom stereocenters. The van der Waals surface area contributed by atoms with Crippen LogP contribution in [-0.4, -0.2) is 20.1 Å². The van der Waals surface area contributed by atoms with Gasteiger partial charge in [-0.3, -0.25) is 0 Å². The lowest BCUT2D eigenvalue weighted by atomic mass is 10.4. The van der Waals surface area contributed by atoms with E-state index in [1.807, 2.05) is 0 Å². The predicted molar refractivity (Wildman–Crippen MR) is 53.0 cm³/mol. The second-order valence-electron chi connectivity index (χ2n) is 2.97. The maximum absolute atomic E-state index is 5.13. The molecule has 3 aromatic heterocycles. The molecule has 0 aliphatic heterocycles. The Morgan fingerprint density at radius 1 is 1.00 bits per heavy atom. The monoisotopic (exact) mass is 214 g/mol. The number of hydrogen-bond donors (Lipinski definition) is 0. The highest BCUT2D eigenvalue weighted by Gasteiger charge is 2.13. The van der Waals surface area contributed by atoms with E-state index in [-0.39, 0.29) is 0 Å². The molecule has 3 aromatic rings. The first-order valence-corrected chi connectivity index (χ1v) is 4.58. The van der Waals surface area contributed by atoms with Crippen molar-refractivity contribution < 1.29 is 8.94 Å². The molecule has 3 heterocycles. The van der Waals surface area contributed by atoms with Gasteiger partial charge in [-0.2, -0.15) is 4.98 Å². The van der Waals surface area contributed by atoms with Crippen molar-refractivity contribution in [1.29, 1.82) is 0 Å². The van der Waals surface area contributed by atoms with Gasteiger partial charge >= 0.3 is 0 Å². The average molecular weight is 214 g/mol. The van der Waals surface area contributed by atoms with Crippen LogP contribution in [0, 0.1) is 0 Å². The van der Waals surface area contributed by atoms with E-state index in [2.05, 4.69) is 20.1 Å². The number of furan rings is 1. The van der Waals surface area contributed by atoms with Crippen molar-refractivity contribution in [3.63, 3.8) is 0 Å². The minimum absolute atomic E-state index is 0.312. The van der Waals surface area contributed by atoms with E-state index < -0.39 is 0 Å². The van der Waals surface area contributed by atoms with Gasteiger partial charge in [0, 0.05) is 12.4 Å². The summed E-state index contributed by atoms with van der Waals surface area (Å²) in [5.41, 5.74) is 0. The van der Waals surface area contributed by atoms with E-state index in [1.54, 1.807) is 30.6 Å². The van der Waals surface area contributed by atoms with Crippen molar-refractivity contribution in [3.8, 4) is 23.3 Å². The van der Waals surface area contributed by atoms with Gasteiger partial charge in [-0.1, -0.05) is 5.16 Å². The third kappa shape index (κ3) is 1.46. The first kappa shape index (κ1) is 8.78. The third-order valence-electron chi connectivity index (χ3n) is 1.92. The molecule has 0 aliphatic carbocycles. The average Bonchev–Trinajstić information content (AvgIpc) is 3.01. The second kappa shape index (κ2) is 3.58. The minimum Gasteiger partial charge on any atom is -0.459 e. The van der Waals surface area contributed by atoms with Crippen molar-refractivity contribution in [2.45, 2.75) is 0 Å². The Bertz CT molecular complexity index is 574. The molecule has 3 rings (SSSR count). The Morgan fingerprint density at radius 2 is 1.88 bits per heavy atom. The highest BCUT2D eigenvalue weighted by atomic mass is 16.5. The molecule has 78 valence electrons. The summed E-state index contributed by atoms with van der Waals surface area (Å²) in [7, 11) is 0. The molecule has 6 heteroatoms. The molecular weight excluding hydrogens is 208 g/mol. The molecule has 0 saturated heterocycles. The zero-order valence-corrected chi connectivity index (χ0v) is 8.07. The molecule has 0 aliphatic rings. The topological polar surface area (TPSA) is 77.8 Å². The van der Waals surface area contributed by atoms with Gasteiger partial charge in [0.1, 0.15) is 0 Å². The van der Waals surface area contributed by atoms with Gasteiger partial charge in [0.25, 0.3) is 5.89 Å². The van der Waals surface area contributed by atoms with Crippen molar-refractivity contribution in [3.05, 3.63) is 36.9 Å². The normalized spacial score (nSPS) is 10.5.